The van der Waals surface area contributed by atoms with Crippen LogP contribution in [0.1, 0.15) is 19.3 Å². The largest absolute Gasteiger partial charge is 0.493 e. The molecule has 4 aromatic rings. The Morgan fingerprint density at radius 2 is 1.57 bits per heavy atom. The minimum Gasteiger partial charge on any atom is -0.493 e. The quantitative estimate of drug-likeness (QED) is 0.248. The van der Waals surface area contributed by atoms with Gasteiger partial charge in [-0.25, -0.2) is 0 Å². The number of hydrogen-bond acceptors (Lipinski definition) is 6. The summed E-state index contributed by atoms with van der Waals surface area (Å²) < 4.78 is 24.8. The summed E-state index contributed by atoms with van der Waals surface area (Å²) in [6.45, 7) is 3.94. The number of fused-ring (bicyclic) bond motifs is 1. The molecule has 1 saturated heterocycles. The van der Waals surface area contributed by atoms with Crippen LogP contribution in [0.25, 0.3) is 20.5 Å². The van der Waals surface area contributed by atoms with Crippen LogP contribution >= 0.6 is 11.3 Å². The molecule has 0 amide bonds. The lowest BCUT2D eigenvalue weighted by atomic mass is 10.1. The maximum Gasteiger partial charge on any atom is 0.170 e. The molecule has 2 heterocycles. The van der Waals surface area contributed by atoms with E-state index in [0.29, 0.717) is 29.6 Å². The van der Waals surface area contributed by atoms with E-state index >= 15 is 0 Å². The summed E-state index contributed by atoms with van der Waals surface area (Å²) in [5, 5.41) is 1.24. The van der Waals surface area contributed by atoms with Gasteiger partial charge in [0, 0.05) is 22.2 Å². The minimum absolute atomic E-state index is 0.614. The molecule has 0 unspecified atom stereocenters. The van der Waals surface area contributed by atoms with Crippen molar-refractivity contribution in [2.45, 2.75) is 19.3 Å². The summed E-state index contributed by atoms with van der Waals surface area (Å²) in [6.07, 6.45) is 3.91. The van der Waals surface area contributed by atoms with Gasteiger partial charge < -0.3 is 18.9 Å². The normalized spacial score (nSPS) is 14.1. The van der Waals surface area contributed by atoms with E-state index in [9.17, 15) is 0 Å². The second-order valence-corrected chi connectivity index (χ2v) is 9.76. The molecule has 182 valence electrons. The van der Waals surface area contributed by atoms with Gasteiger partial charge in [0.05, 0.1) is 14.2 Å². The van der Waals surface area contributed by atoms with Gasteiger partial charge in [-0.3, -0.25) is 4.90 Å². The summed E-state index contributed by atoms with van der Waals surface area (Å²) in [5.74, 6) is 3.31. The second kappa shape index (κ2) is 11.0. The lowest BCUT2D eigenvalue weighted by molar-refractivity contribution is 0.183. The van der Waals surface area contributed by atoms with E-state index < -0.39 is 0 Å². The highest BCUT2D eigenvalue weighted by Gasteiger charge is 2.15. The molecule has 35 heavy (non-hydrogen) atoms. The first-order valence-corrected chi connectivity index (χ1v) is 12.9. The fraction of sp³-hybridized carbons (Fsp3) is 0.310. The molecule has 0 bridgehead atoms. The van der Waals surface area contributed by atoms with Crippen LogP contribution in [-0.4, -0.2) is 45.4 Å². The Labute approximate surface area is 210 Å². The third-order valence-corrected chi connectivity index (χ3v) is 7.52. The van der Waals surface area contributed by atoms with Crippen molar-refractivity contribution in [3.05, 3.63) is 66.7 Å². The van der Waals surface area contributed by atoms with Crippen LogP contribution in [0.3, 0.4) is 0 Å². The van der Waals surface area contributed by atoms with Gasteiger partial charge in [0.1, 0.15) is 12.4 Å². The van der Waals surface area contributed by atoms with Crippen LogP contribution in [0.15, 0.2) is 66.7 Å². The highest BCUT2D eigenvalue weighted by Crippen LogP contribution is 2.42. The van der Waals surface area contributed by atoms with E-state index in [4.69, 9.17) is 18.9 Å². The lowest BCUT2D eigenvalue weighted by Crippen LogP contribution is -2.33. The SMILES string of the molecule is COc1cc(OCCN2CCCCC2)ccc1Oc1cc(-c2cc3ccccc3s2)ccc1OC. The molecule has 0 saturated carbocycles. The molecule has 0 radical (unpaired) electrons. The molecule has 6 heteroatoms. The molecule has 1 fully saturated rings. The molecule has 0 aliphatic carbocycles. The third-order valence-electron chi connectivity index (χ3n) is 6.35. The van der Waals surface area contributed by atoms with Crippen LogP contribution in [0, 0.1) is 0 Å². The Kier molecular flexibility index (Phi) is 7.40. The highest BCUT2D eigenvalue weighted by molar-refractivity contribution is 7.22. The first-order valence-electron chi connectivity index (χ1n) is 12.1. The van der Waals surface area contributed by atoms with Gasteiger partial charge in [-0.05, 0) is 79.3 Å². The Balaban J connectivity index is 1.33. The maximum atomic E-state index is 6.30. The first-order chi connectivity index (χ1) is 17.2. The summed E-state index contributed by atoms with van der Waals surface area (Å²) in [4.78, 5) is 3.65. The third kappa shape index (κ3) is 5.55. The zero-order valence-electron chi connectivity index (χ0n) is 20.3. The summed E-state index contributed by atoms with van der Waals surface area (Å²) in [7, 11) is 3.29. The average Bonchev–Trinajstić information content (AvgIpc) is 3.34. The van der Waals surface area contributed by atoms with Crippen molar-refractivity contribution in [3.63, 3.8) is 0 Å². The van der Waals surface area contributed by atoms with E-state index in [2.05, 4.69) is 41.3 Å². The van der Waals surface area contributed by atoms with Crippen molar-refractivity contribution in [1.29, 1.82) is 0 Å². The van der Waals surface area contributed by atoms with Gasteiger partial charge in [-0.2, -0.15) is 0 Å². The molecule has 5 rings (SSSR count). The smallest absolute Gasteiger partial charge is 0.170 e. The van der Waals surface area contributed by atoms with Crippen molar-refractivity contribution < 1.29 is 18.9 Å². The van der Waals surface area contributed by atoms with Gasteiger partial charge in [0.25, 0.3) is 0 Å². The molecule has 1 aliphatic rings. The molecule has 0 spiro atoms. The molecule has 5 nitrogen and oxygen atoms in total. The zero-order chi connectivity index (χ0) is 24.0. The number of likely N-dealkylation sites (tertiary alicyclic amines) is 1. The van der Waals surface area contributed by atoms with E-state index in [1.54, 1.807) is 25.6 Å². The molecular formula is C29H31NO4S. The van der Waals surface area contributed by atoms with Crippen LogP contribution in [-0.2, 0) is 0 Å². The van der Waals surface area contributed by atoms with E-state index in [0.717, 1.165) is 17.9 Å². The van der Waals surface area contributed by atoms with E-state index in [1.165, 1.54) is 47.3 Å². The second-order valence-electron chi connectivity index (χ2n) is 8.68. The number of hydrogen-bond donors (Lipinski definition) is 0. The Morgan fingerprint density at radius 1 is 0.771 bits per heavy atom. The van der Waals surface area contributed by atoms with Crippen LogP contribution in [0.4, 0.5) is 0 Å². The molecule has 0 N–H and O–H groups in total. The monoisotopic (exact) mass is 489 g/mol. The predicted molar refractivity (Wildman–Crippen MR) is 143 cm³/mol. The fourth-order valence-corrected chi connectivity index (χ4v) is 5.51. The Bertz CT molecular complexity index is 1250. The van der Waals surface area contributed by atoms with E-state index in [-0.39, 0.29) is 0 Å². The van der Waals surface area contributed by atoms with Gasteiger partial charge in [-0.1, -0.05) is 24.6 Å². The minimum atomic E-state index is 0.614. The molecular weight excluding hydrogens is 458 g/mol. The standard InChI is InChI=1S/C29H31NO4S/c1-31-24-12-10-22(29-19-21-8-4-5-9-28(21)35-29)18-27(24)34-25-13-11-23(20-26(25)32-2)33-17-16-30-14-6-3-7-15-30/h4-5,8-13,18-20H,3,6-7,14-17H2,1-2H3. The number of nitrogens with zero attached hydrogens (tertiary/aromatic N) is 1. The van der Waals surface area contributed by atoms with Gasteiger partial charge >= 0.3 is 0 Å². The molecule has 1 aliphatic heterocycles. The number of thiophene rings is 1. The van der Waals surface area contributed by atoms with Crippen molar-refractivity contribution in [1.82, 2.24) is 4.90 Å². The van der Waals surface area contributed by atoms with Gasteiger partial charge in [0.2, 0.25) is 0 Å². The highest BCUT2D eigenvalue weighted by atomic mass is 32.1. The summed E-state index contributed by atoms with van der Waals surface area (Å²) in [5.41, 5.74) is 1.08. The predicted octanol–water partition coefficient (Wildman–Crippen LogP) is 7.24. The molecule has 0 atom stereocenters. The summed E-state index contributed by atoms with van der Waals surface area (Å²) >= 11 is 1.77. The molecule has 3 aromatic carbocycles. The fourth-order valence-electron chi connectivity index (χ4n) is 4.45. The average molecular weight is 490 g/mol. The molecule has 1 aromatic heterocycles. The Morgan fingerprint density at radius 3 is 2.37 bits per heavy atom. The summed E-state index contributed by atoms with van der Waals surface area (Å²) in [6, 6.07) is 22.3. The Hall–Kier alpha value is -3.22. The first kappa shape index (κ1) is 23.5. The van der Waals surface area contributed by atoms with Crippen molar-refractivity contribution >= 4 is 21.4 Å². The van der Waals surface area contributed by atoms with E-state index in [1.807, 2.05) is 30.3 Å². The van der Waals surface area contributed by atoms with Gasteiger partial charge in [-0.15, -0.1) is 11.3 Å². The number of rotatable bonds is 9. The zero-order valence-corrected chi connectivity index (χ0v) is 21.1. The maximum absolute atomic E-state index is 6.30. The van der Waals surface area contributed by atoms with Crippen LogP contribution < -0.4 is 18.9 Å². The van der Waals surface area contributed by atoms with Crippen molar-refractivity contribution in [2.75, 3.05) is 40.5 Å². The number of benzene rings is 3. The van der Waals surface area contributed by atoms with Crippen LogP contribution in [0.2, 0.25) is 0 Å². The number of piperidine rings is 1. The van der Waals surface area contributed by atoms with Crippen molar-refractivity contribution in [3.8, 4) is 39.2 Å². The number of methoxy groups -OCH3 is 2. The topological polar surface area (TPSA) is 40.2 Å². The lowest BCUT2D eigenvalue weighted by Gasteiger charge is -2.26. The van der Waals surface area contributed by atoms with Crippen molar-refractivity contribution in [2.24, 2.45) is 0 Å². The van der Waals surface area contributed by atoms with Gasteiger partial charge in [0.15, 0.2) is 23.0 Å². The van der Waals surface area contributed by atoms with Crippen LogP contribution in [0.5, 0.6) is 28.7 Å². The number of ether oxygens (including phenoxy) is 4.